The molecule has 1 aromatic heterocycles. The second kappa shape index (κ2) is 5.67. The highest BCUT2D eigenvalue weighted by Gasteiger charge is 2.20. The van der Waals surface area contributed by atoms with Crippen molar-refractivity contribution >= 4 is 21.7 Å². The fourth-order valence-electron chi connectivity index (χ4n) is 1.78. The Hall–Kier alpha value is -1.56. The lowest BCUT2D eigenvalue weighted by molar-refractivity contribution is 0.504. The summed E-state index contributed by atoms with van der Waals surface area (Å²) in [5, 5.41) is 2.96. The van der Waals surface area contributed by atoms with E-state index in [0.717, 1.165) is 11.8 Å². The number of benzene rings is 1. The minimum absolute atomic E-state index is 0.0237. The van der Waals surface area contributed by atoms with Gasteiger partial charge in [0.2, 0.25) is 0 Å². The van der Waals surface area contributed by atoms with E-state index in [0.29, 0.717) is 17.2 Å². The van der Waals surface area contributed by atoms with E-state index >= 15 is 0 Å². The highest BCUT2D eigenvalue weighted by atomic mass is 79.9. The number of nitrogens with one attached hydrogen (secondary N) is 1. The van der Waals surface area contributed by atoms with Crippen LogP contribution in [0.1, 0.15) is 26.5 Å². The van der Waals surface area contributed by atoms with Gasteiger partial charge in [-0.1, -0.05) is 20.8 Å². The molecular weight excluding hydrogens is 340 g/mol. The van der Waals surface area contributed by atoms with Crippen molar-refractivity contribution in [1.29, 1.82) is 0 Å². The van der Waals surface area contributed by atoms with Crippen molar-refractivity contribution in [1.82, 2.24) is 9.97 Å². The number of aromatic nitrogens is 2. The Morgan fingerprint density at radius 2 is 1.81 bits per heavy atom. The van der Waals surface area contributed by atoms with E-state index in [4.69, 9.17) is 0 Å². The quantitative estimate of drug-likeness (QED) is 0.804. The number of halogens is 3. The molecule has 21 heavy (non-hydrogen) atoms. The van der Waals surface area contributed by atoms with Gasteiger partial charge >= 0.3 is 0 Å². The molecule has 6 heteroatoms. The third kappa shape index (κ3) is 3.20. The van der Waals surface area contributed by atoms with Crippen LogP contribution >= 0.6 is 15.9 Å². The number of nitrogens with zero attached hydrogens (tertiary/aromatic N) is 2. The zero-order valence-electron chi connectivity index (χ0n) is 12.3. The second-order valence-electron chi connectivity index (χ2n) is 5.68. The molecule has 2 aromatic rings. The van der Waals surface area contributed by atoms with Crippen LogP contribution in [0.5, 0.6) is 0 Å². The summed E-state index contributed by atoms with van der Waals surface area (Å²) in [7, 11) is 1.75. The topological polar surface area (TPSA) is 37.8 Å². The number of hydrogen-bond donors (Lipinski definition) is 1. The summed E-state index contributed by atoms with van der Waals surface area (Å²) in [6.07, 6.45) is 0. The summed E-state index contributed by atoms with van der Waals surface area (Å²) >= 11 is 3.07. The Kier molecular flexibility index (Phi) is 4.27. The second-order valence-corrected chi connectivity index (χ2v) is 6.48. The SMILES string of the molecule is CNc1cc(C(C)(C)C)nc(-c2ccc(F)c(F)c2Br)n1. The predicted molar refractivity (Wildman–Crippen MR) is 83.3 cm³/mol. The Labute approximate surface area is 131 Å². The number of anilines is 1. The molecule has 3 nitrogen and oxygen atoms in total. The molecule has 0 unspecified atom stereocenters. The zero-order valence-corrected chi connectivity index (χ0v) is 13.8. The van der Waals surface area contributed by atoms with Crippen LogP contribution < -0.4 is 5.32 Å². The van der Waals surface area contributed by atoms with Gasteiger partial charge in [-0.3, -0.25) is 0 Å². The molecule has 1 N–H and O–H groups in total. The minimum atomic E-state index is -0.941. The Bertz CT molecular complexity index is 681. The van der Waals surface area contributed by atoms with Crippen LogP contribution in [-0.2, 0) is 5.41 Å². The van der Waals surface area contributed by atoms with Gasteiger partial charge in [0.1, 0.15) is 5.82 Å². The minimum Gasteiger partial charge on any atom is -0.373 e. The monoisotopic (exact) mass is 355 g/mol. The van der Waals surface area contributed by atoms with Crippen molar-refractivity contribution in [3.8, 4) is 11.4 Å². The third-order valence-corrected chi connectivity index (χ3v) is 3.80. The van der Waals surface area contributed by atoms with Gasteiger partial charge in [-0.15, -0.1) is 0 Å². The lowest BCUT2D eigenvalue weighted by Crippen LogP contribution is -2.15. The Morgan fingerprint density at radius 3 is 2.38 bits per heavy atom. The van der Waals surface area contributed by atoms with Crippen molar-refractivity contribution in [2.75, 3.05) is 12.4 Å². The van der Waals surface area contributed by atoms with Gasteiger partial charge in [0.25, 0.3) is 0 Å². The summed E-state index contributed by atoms with van der Waals surface area (Å²) in [5.41, 5.74) is 1.04. The molecule has 0 saturated heterocycles. The van der Waals surface area contributed by atoms with Crippen LogP contribution in [0.25, 0.3) is 11.4 Å². The lowest BCUT2D eigenvalue weighted by atomic mass is 9.92. The molecule has 0 saturated carbocycles. The molecule has 0 aliphatic rings. The van der Waals surface area contributed by atoms with Crippen molar-refractivity contribution in [3.63, 3.8) is 0 Å². The van der Waals surface area contributed by atoms with E-state index < -0.39 is 11.6 Å². The summed E-state index contributed by atoms with van der Waals surface area (Å²) in [4.78, 5) is 8.81. The molecule has 0 bridgehead atoms. The summed E-state index contributed by atoms with van der Waals surface area (Å²) < 4.78 is 27.0. The molecule has 1 heterocycles. The normalized spacial score (nSPS) is 11.6. The highest BCUT2D eigenvalue weighted by molar-refractivity contribution is 9.10. The zero-order chi connectivity index (χ0) is 15.8. The van der Waals surface area contributed by atoms with Crippen LogP contribution in [0.15, 0.2) is 22.7 Å². The average molecular weight is 356 g/mol. The van der Waals surface area contributed by atoms with Crippen molar-refractivity contribution in [2.24, 2.45) is 0 Å². The summed E-state index contributed by atoms with van der Waals surface area (Å²) in [6, 6.07) is 4.38. The molecule has 0 fully saturated rings. The molecule has 0 atom stereocenters. The maximum atomic E-state index is 13.7. The molecule has 0 radical (unpaired) electrons. The smallest absolute Gasteiger partial charge is 0.173 e. The van der Waals surface area contributed by atoms with E-state index in [9.17, 15) is 8.78 Å². The lowest BCUT2D eigenvalue weighted by Gasteiger charge is -2.19. The first-order valence-electron chi connectivity index (χ1n) is 6.45. The molecule has 1 aromatic carbocycles. The molecule has 0 aliphatic carbocycles. The van der Waals surface area contributed by atoms with Gasteiger partial charge in [0, 0.05) is 24.1 Å². The van der Waals surface area contributed by atoms with Gasteiger partial charge in [-0.2, -0.15) is 0 Å². The molecule has 112 valence electrons. The maximum absolute atomic E-state index is 13.7. The summed E-state index contributed by atoms with van der Waals surface area (Å²) in [6.45, 7) is 6.08. The first kappa shape index (κ1) is 15.8. The molecule has 0 amide bonds. The number of hydrogen-bond acceptors (Lipinski definition) is 3. The first-order chi connectivity index (χ1) is 9.74. The molecule has 0 aliphatic heterocycles. The fraction of sp³-hybridized carbons (Fsp3) is 0.333. The van der Waals surface area contributed by atoms with E-state index in [1.165, 1.54) is 6.07 Å². The largest absolute Gasteiger partial charge is 0.373 e. The standard InChI is InChI=1S/C15H16BrF2N3/c1-15(2,3)10-7-11(19-4)21-14(20-10)8-5-6-9(17)13(18)12(8)16/h5-7H,1-4H3,(H,19,20,21). The van der Waals surface area contributed by atoms with Gasteiger partial charge in [0.05, 0.1) is 10.2 Å². The first-order valence-corrected chi connectivity index (χ1v) is 7.24. The van der Waals surface area contributed by atoms with E-state index in [-0.39, 0.29) is 9.89 Å². The van der Waals surface area contributed by atoms with Crippen LogP contribution in [0.2, 0.25) is 0 Å². The van der Waals surface area contributed by atoms with Crippen LogP contribution in [0.3, 0.4) is 0 Å². The van der Waals surface area contributed by atoms with Crippen molar-refractivity contribution in [3.05, 3.63) is 40.0 Å². The predicted octanol–water partition coefficient (Wildman–Crippen LogP) is 4.52. The molecule has 0 spiro atoms. The molecular formula is C15H16BrF2N3. The number of rotatable bonds is 2. The van der Waals surface area contributed by atoms with Crippen LogP contribution in [-0.4, -0.2) is 17.0 Å². The van der Waals surface area contributed by atoms with Crippen LogP contribution in [0, 0.1) is 11.6 Å². The Balaban J connectivity index is 2.67. The summed E-state index contributed by atoms with van der Waals surface area (Å²) in [5.74, 6) is -0.881. The van der Waals surface area contributed by atoms with Gasteiger partial charge in [-0.05, 0) is 28.1 Å². The van der Waals surface area contributed by atoms with Gasteiger partial charge in [-0.25, -0.2) is 18.7 Å². The molecule has 2 rings (SSSR count). The maximum Gasteiger partial charge on any atom is 0.173 e. The fourth-order valence-corrected chi connectivity index (χ4v) is 2.28. The third-order valence-electron chi connectivity index (χ3n) is 3.03. The van der Waals surface area contributed by atoms with Crippen LogP contribution in [0.4, 0.5) is 14.6 Å². The van der Waals surface area contributed by atoms with Gasteiger partial charge < -0.3 is 5.32 Å². The highest BCUT2D eigenvalue weighted by Crippen LogP contribution is 2.32. The van der Waals surface area contributed by atoms with E-state index in [1.54, 1.807) is 7.05 Å². The van der Waals surface area contributed by atoms with E-state index in [2.05, 4.69) is 31.2 Å². The average Bonchev–Trinajstić information content (AvgIpc) is 2.43. The van der Waals surface area contributed by atoms with E-state index in [1.807, 2.05) is 26.8 Å². The Morgan fingerprint density at radius 1 is 1.14 bits per heavy atom. The van der Waals surface area contributed by atoms with Gasteiger partial charge in [0.15, 0.2) is 17.5 Å². The van der Waals surface area contributed by atoms with Crippen molar-refractivity contribution in [2.45, 2.75) is 26.2 Å². The van der Waals surface area contributed by atoms with Crippen molar-refractivity contribution < 1.29 is 8.78 Å².